The topological polar surface area (TPSA) is 61.4 Å². The molecule has 2 heterocycles. The van der Waals surface area contributed by atoms with Gasteiger partial charge in [-0.3, -0.25) is 9.59 Å². The number of hydrogen-bond donors (Lipinski definition) is 2. The molecule has 0 bridgehead atoms. The van der Waals surface area contributed by atoms with Gasteiger partial charge < -0.3 is 10.6 Å². The highest BCUT2D eigenvalue weighted by Gasteiger charge is 2.45. The van der Waals surface area contributed by atoms with Crippen molar-refractivity contribution >= 4 is 24.1 Å². The molecule has 5 nitrogen and oxygen atoms in total. The van der Waals surface area contributed by atoms with E-state index in [2.05, 4.69) is 14.9 Å². The largest absolute Gasteiger partial charge is 0.336 e. The molecular weight excluding hydrogens is 298 g/mol. The molecule has 0 saturated carbocycles. The summed E-state index contributed by atoms with van der Waals surface area (Å²) in [6.45, 7) is 6.25. The van der Waals surface area contributed by atoms with Crippen molar-refractivity contribution < 1.29 is 9.59 Å². The summed E-state index contributed by atoms with van der Waals surface area (Å²) in [6.07, 6.45) is 2.67. The van der Waals surface area contributed by atoms with Gasteiger partial charge >= 0.3 is 0 Å². The summed E-state index contributed by atoms with van der Waals surface area (Å²) < 4.78 is 2.14. The average molecular weight is 321 g/mol. The maximum absolute atomic E-state index is 11.8. The second-order valence-electron chi connectivity index (χ2n) is 5.14. The number of nitrogens with zero attached hydrogens (tertiary/aromatic N) is 1. The Labute approximate surface area is 136 Å². The third-order valence-electron chi connectivity index (χ3n) is 3.80. The summed E-state index contributed by atoms with van der Waals surface area (Å²) >= 11 is 1.59. The zero-order chi connectivity index (χ0) is 16.0. The number of carbonyl (C=O) groups excluding carboxylic acids is 2. The van der Waals surface area contributed by atoms with Crippen LogP contribution in [-0.4, -0.2) is 41.8 Å². The summed E-state index contributed by atoms with van der Waals surface area (Å²) in [6, 6.07) is 7.45. The van der Waals surface area contributed by atoms with Gasteiger partial charge in [-0.15, -0.1) is 0 Å². The van der Waals surface area contributed by atoms with Crippen molar-refractivity contribution in [3.8, 4) is 0 Å². The van der Waals surface area contributed by atoms with Gasteiger partial charge in [0.2, 0.25) is 5.91 Å². The van der Waals surface area contributed by atoms with E-state index in [0.29, 0.717) is 12.1 Å². The summed E-state index contributed by atoms with van der Waals surface area (Å²) in [7, 11) is 0. The first kappa shape index (κ1) is 17.0. The van der Waals surface area contributed by atoms with Crippen molar-refractivity contribution in [3.05, 3.63) is 29.8 Å². The number of benzene rings is 1. The lowest BCUT2D eigenvalue weighted by atomic mass is 9.99. The van der Waals surface area contributed by atoms with Gasteiger partial charge in [0, 0.05) is 10.5 Å². The van der Waals surface area contributed by atoms with Gasteiger partial charge in [-0.25, -0.2) is 4.31 Å². The summed E-state index contributed by atoms with van der Waals surface area (Å²) in [5, 5.41) is 6.46. The molecule has 120 valence electrons. The Kier molecular flexibility index (Phi) is 5.99. The number of nitrogens with one attached hydrogen (secondary N) is 2. The SMILES string of the molecule is CC.O=Cc1ccc(SN2CC(=O)NC23CCNCC3)cc1. The number of hydrogen-bond acceptors (Lipinski definition) is 5. The predicted octanol–water partition coefficient (Wildman–Crippen LogP) is 2.04. The smallest absolute Gasteiger partial charge is 0.236 e. The lowest BCUT2D eigenvalue weighted by Crippen LogP contribution is -2.55. The molecule has 1 amide bonds. The molecule has 2 saturated heterocycles. The molecule has 1 aromatic carbocycles. The quantitative estimate of drug-likeness (QED) is 0.659. The van der Waals surface area contributed by atoms with Crippen LogP contribution in [0.25, 0.3) is 0 Å². The Morgan fingerprint density at radius 1 is 1.18 bits per heavy atom. The Morgan fingerprint density at radius 2 is 1.82 bits per heavy atom. The molecule has 0 aromatic heterocycles. The molecule has 6 heteroatoms. The van der Waals surface area contributed by atoms with Gasteiger partial charge in [-0.1, -0.05) is 26.0 Å². The second kappa shape index (κ2) is 7.76. The third kappa shape index (κ3) is 3.69. The Hall–Kier alpha value is -1.37. The highest BCUT2D eigenvalue weighted by molar-refractivity contribution is 7.97. The van der Waals surface area contributed by atoms with Gasteiger partial charge in [-0.05, 0) is 50.0 Å². The van der Waals surface area contributed by atoms with E-state index < -0.39 is 0 Å². The fraction of sp³-hybridized carbons (Fsp3) is 0.500. The molecule has 2 aliphatic rings. The number of piperidine rings is 1. The maximum Gasteiger partial charge on any atom is 0.236 e. The van der Waals surface area contributed by atoms with E-state index in [0.717, 1.165) is 37.1 Å². The van der Waals surface area contributed by atoms with Gasteiger partial charge in [0.25, 0.3) is 0 Å². The van der Waals surface area contributed by atoms with Crippen LogP contribution in [0.3, 0.4) is 0 Å². The van der Waals surface area contributed by atoms with Crippen LogP contribution >= 0.6 is 11.9 Å². The van der Waals surface area contributed by atoms with Crippen molar-refractivity contribution in [1.82, 2.24) is 14.9 Å². The fourth-order valence-corrected chi connectivity index (χ4v) is 3.81. The van der Waals surface area contributed by atoms with E-state index in [1.807, 2.05) is 26.0 Å². The van der Waals surface area contributed by atoms with Crippen molar-refractivity contribution in [3.63, 3.8) is 0 Å². The first-order chi connectivity index (χ1) is 10.7. The van der Waals surface area contributed by atoms with E-state index in [1.165, 1.54) is 0 Å². The van der Waals surface area contributed by atoms with E-state index >= 15 is 0 Å². The van der Waals surface area contributed by atoms with Crippen LogP contribution in [0, 0.1) is 0 Å². The minimum atomic E-state index is -0.226. The third-order valence-corrected chi connectivity index (χ3v) is 4.98. The first-order valence-electron chi connectivity index (χ1n) is 7.74. The molecular formula is C16H23N3O2S. The van der Waals surface area contributed by atoms with E-state index in [-0.39, 0.29) is 11.6 Å². The van der Waals surface area contributed by atoms with Crippen LogP contribution in [0.2, 0.25) is 0 Å². The molecule has 0 atom stereocenters. The molecule has 2 aliphatic heterocycles. The standard InChI is InChI=1S/C14H17N3O2S.C2H6/c18-10-11-1-3-12(4-2-11)20-17-9-13(19)16-14(17)5-7-15-8-6-14;1-2/h1-4,10,15H,5-9H2,(H,16,19);1-2H3. The number of carbonyl (C=O) groups is 2. The maximum atomic E-state index is 11.8. The Bertz CT molecular complexity index is 513. The van der Waals surface area contributed by atoms with Crippen LogP contribution in [0.1, 0.15) is 37.0 Å². The minimum absolute atomic E-state index is 0.0870. The van der Waals surface area contributed by atoms with E-state index in [4.69, 9.17) is 0 Å². The zero-order valence-electron chi connectivity index (χ0n) is 13.1. The van der Waals surface area contributed by atoms with Gasteiger partial charge in [-0.2, -0.15) is 0 Å². The van der Waals surface area contributed by atoms with Crippen LogP contribution in [0.15, 0.2) is 29.2 Å². The summed E-state index contributed by atoms with van der Waals surface area (Å²) in [5.74, 6) is 0.0870. The minimum Gasteiger partial charge on any atom is -0.336 e. The monoisotopic (exact) mass is 321 g/mol. The predicted molar refractivity (Wildman–Crippen MR) is 88.7 cm³/mol. The van der Waals surface area contributed by atoms with Crippen molar-refractivity contribution in [1.29, 1.82) is 0 Å². The average Bonchev–Trinajstić information content (AvgIpc) is 2.85. The van der Waals surface area contributed by atoms with Crippen LogP contribution < -0.4 is 10.6 Å². The van der Waals surface area contributed by atoms with Gasteiger partial charge in [0.15, 0.2) is 0 Å². The fourth-order valence-electron chi connectivity index (χ4n) is 2.71. The van der Waals surface area contributed by atoms with Crippen LogP contribution in [-0.2, 0) is 4.79 Å². The van der Waals surface area contributed by atoms with Crippen LogP contribution in [0.5, 0.6) is 0 Å². The number of rotatable bonds is 3. The highest BCUT2D eigenvalue weighted by Crippen LogP contribution is 2.36. The van der Waals surface area contributed by atoms with Crippen molar-refractivity contribution in [2.75, 3.05) is 19.6 Å². The lowest BCUT2D eigenvalue weighted by Gasteiger charge is -2.39. The normalized spacial score (nSPS) is 20.2. The Morgan fingerprint density at radius 3 is 2.41 bits per heavy atom. The van der Waals surface area contributed by atoms with Crippen molar-refractivity contribution in [2.45, 2.75) is 37.2 Å². The molecule has 3 rings (SSSR count). The summed E-state index contributed by atoms with van der Waals surface area (Å²) in [4.78, 5) is 23.5. The second-order valence-corrected chi connectivity index (χ2v) is 6.24. The molecule has 1 spiro atoms. The van der Waals surface area contributed by atoms with E-state index in [9.17, 15) is 9.59 Å². The van der Waals surface area contributed by atoms with Crippen molar-refractivity contribution in [2.24, 2.45) is 0 Å². The van der Waals surface area contributed by atoms with Gasteiger partial charge in [0.1, 0.15) is 11.9 Å². The molecule has 22 heavy (non-hydrogen) atoms. The molecule has 0 unspecified atom stereocenters. The molecule has 0 radical (unpaired) electrons. The molecule has 2 fully saturated rings. The highest BCUT2D eigenvalue weighted by atomic mass is 32.2. The van der Waals surface area contributed by atoms with Gasteiger partial charge in [0.05, 0.1) is 6.54 Å². The lowest BCUT2D eigenvalue weighted by molar-refractivity contribution is -0.119. The molecule has 1 aromatic rings. The molecule has 0 aliphatic carbocycles. The van der Waals surface area contributed by atoms with Crippen LogP contribution in [0.4, 0.5) is 0 Å². The molecule has 2 N–H and O–H groups in total. The summed E-state index contributed by atoms with van der Waals surface area (Å²) in [5.41, 5.74) is 0.442. The number of amides is 1. The number of aldehydes is 1. The Balaban J connectivity index is 0.000000847. The zero-order valence-corrected chi connectivity index (χ0v) is 13.9. The van der Waals surface area contributed by atoms with E-state index in [1.54, 1.807) is 24.1 Å². The first-order valence-corrected chi connectivity index (χ1v) is 8.52.